The van der Waals surface area contributed by atoms with Gasteiger partial charge >= 0.3 is 0 Å². The Morgan fingerprint density at radius 1 is 0.872 bits per heavy atom. The summed E-state index contributed by atoms with van der Waals surface area (Å²) in [7, 11) is 1.68. The molecule has 2 unspecified atom stereocenters. The molecule has 1 saturated heterocycles. The molecule has 1 aliphatic carbocycles. The van der Waals surface area contributed by atoms with E-state index in [2.05, 4.69) is 71.6 Å². The topological polar surface area (TPSA) is 80.6 Å². The molecule has 2 N–H and O–H groups in total. The van der Waals surface area contributed by atoms with Gasteiger partial charge in [-0.1, -0.05) is 60.7 Å². The van der Waals surface area contributed by atoms with Gasteiger partial charge in [0, 0.05) is 46.4 Å². The first kappa shape index (κ1) is 29.7. The highest BCUT2D eigenvalue weighted by atomic mass is 16.5. The second kappa shape index (κ2) is 12.2. The molecule has 5 aromatic carbocycles. The van der Waals surface area contributed by atoms with E-state index < -0.39 is 11.7 Å². The minimum atomic E-state index is -0.904. The molecule has 7 nitrogen and oxygen atoms in total. The number of rotatable bonds is 8. The van der Waals surface area contributed by atoms with E-state index in [9.17, 15) is 10.2 Å². The quantitative estimate of drug-likeness (QED) is 0.201. The first-order valence-electron chi connectivity index (χ1n) is 16.2. The van der Waals surface area contributed by atoms with Crippen molar-refractivity contribution < 1.29 is 29.2 Å². The van der Waals surface area contributed by atoms with Crippen LogP contribution in [0, 0.1) is 0 Å². The molecule has 0 saturated carbocycles. The van der Waals surface area contributed by atoms with Gasteiger partial charge in [-0.15, -0.1) is 0 Å². The molecule has 238 valence electrons. The molecule has 2 aliphatic heterocycles. The smallest absolute Gasteiger partial charge is 0.178 e. The molecule has 0 spiro atoms. The molecule has 3 aliphatic rings. The highest BCUT2D eigenvalue weighted by Gasteiger charge is 2.42. The lowest BCUT2D eigenvalue weighted by Crippen LogP contribution is -2.37. The van der Waals surface area contributed by atoms with Gasteiger partial charge < -0.3 is 34.1 Å². The summed E-state index contributed by atoms with van der Waals surface area (Å²) in [5.41, 5.74) is 8.12. The zero-order valence-electron chi connectivity index (χ0n) is 26.3. The highest BCUT2D eigenvalue weighted by molar-refractivity contribution is 6.08. The lowest BCUT2D eigenvalue weighted by Gasteiger charge is -2.38. The normalized spacial score (nSPS) is 19.6. The highest BCUT2D eigenvalue weighted by Crippen LogP contribution is 2.57. The van der Waals surface area contributed by atoms with Gasteiger partial charge in [0.25, 0.3) is 0 Å². The van der Waals surface area contributed by atoms with Crippen molar-refractivity contribution in [3.8, 4) is 22.6 Å². The van der Waals surface area contributed by atoms with Gasteiger partial charge in [0.2, 0.25) is 0 Å². The molecule has 2 atom stereocenters. The second-order valence-corrected chi connectivity index (χ2v) is 12.2. The predicted molar refractivity (Wildman–Crippen MR) is 183 cm³/mol. The van der Waals surface area contributed by atoms with Crippen molar-refractivity contribution in [2.24, 2.45) is 0 Å². The van der Waals surface area contributed by atoms with Gasteiger partial charge in [-0.25, -0.2) is 0 Å². The molecule has 0 radical (unpaired) electrons. The average molecular weight is 628 g/mol. The fraction of sp³-hybridized carbons (Fsp3) is 0.250. The molecule has 5 aromatic rings. The van der Waals surface area contributed by atoms with Crippen LogP contribution in [-0.2, 0) is 21.7 Å². The number of benzene rings is 5. The predicted octanol–water partition coefficient (Wildman–Crippen LogP) is 6.61. The number of aliphatic hydroxyl groups excluding tert-OH is 2. The molecule has 7 heteroatoms. The van der Waals surface area contributed by atoms with Crippen LogP contribution in [0.4, 0.5) is 5.69 Å². The Morgan fingerprint density at radius 2 is 1.66 bits per heavy atom. The number of ether oxygens (including phenoxy) is 4. The zero-order chi connectivity index (χ0) is 32.0. The average Bonchev–Trinajstić information content (AvgIpc) is 3.47. The summed E-state index contributed by atoms with van der Waals surface area (Å²) in [5.74, 6) is 1.48. The van der Waals surface area contributed by atoms with Crippen molar-refractivity contribution in [3.05, 3.63) is 130 Å². The van der Waals surface area contributed by atoms with Crippen molar-refractivity contribution >= 4 is 22.5 Å². The van der Waals surface area contributed by atoms with E-state index in [0.717, 1.165) is 98.8 Å². The third-order valence-electron chi connectivity index (χ3n) is 9.66. The summed E-state index contributed by atoms with van der Waals surface area (Å²) in [5, 5.41) is 21.7. The van der Waals surface area contributed by atoms with E-state index in [4.69, 9.17) is 18.9 Å². The third kappa shape index (κ3) is 4.89. The van der Waals surface area contributed by atoms with Gasteiger partial charge in [0.05, 0.1) is 40.1 Å². The number of nitrogens with zero attached hydrogens (tertiary/aromatic N) is 1. The lowest BCUT2D eigenvalue weighted by molar-refractivity contribution is 0.0519. The van der Waals surface area contributed by atoms with Crippen molar-refractivity contribution in [1.82, 2.24) is 0 Å². The SMILES string of the molecule is COc1ccc2c3c(c4c(c2c1)OC(c1ccccc1)(c1ccc(N2CCOCC2)cc1)C=C4)C(OCCO)c1cc(CO)ccc1-3. The summed E-state index contributed by atoms with van der Waals surface area (Å²) in [6, 6.07) is 31.2. The first-order valence-corrected chi connectivity index (χ1v) is 16.2. The number of hydrogen-bond acceptors (Lipinski definition) is 7. The minimum absolute atomic E-state index is 0.0701. The maximum absolute atomic E-state index is 10.0. The van der Waals surface area contributed by atoms with Crippen LogP contribution in [0.1, 0.15) is 39.5 Å². The summed E-state index contributed by atoms with van der Waals surface area (Å²) in [6.45, 7) is 3.20. The van der Waals surface area contributed by atoms with Gasteiger partial charge in [-0.2, -0.15) is 0 Å². The molecule has 47 heavy (non-hydrogen) atoms. The monoisotopic (exact) mass is 627 g/mol. The standard InChI is InChI=1S/C40H37NO6/c1-44-30-12-14-32-35(24-30)38-33(37-36(32)31-13-7-26(25-43)23-34(31)39(37)46-22-19-42)15-16-40(47-38,27-5-3-2-4-6-27)28-8-10-29(11-9-28)41-17-20-45-21-18-41/h2-16,23-24,39,42-43H,17-22,25H2,1H3. The second-order valence-electron chi connectivity index (χ2n) is 12.2. The number of methoxy groups -OCH3 is 1. The van der Waals surface area contributed by atoms with E-state index in [1.165, 1.54) is 0 Å². The van der Waals surface area contributed by atoms with Crippen LogP contribution in [0.25, 0.3) is 28.0 Å². The number of morpholine rings is 1. The largest absolute Gasteiger partial charge is 0.497 e. The maximum atomic E-state index is 10.0. The van der Waals surface area contributed by atoms with Gasteiger partial charge in [-0.3, -0.25) is 0 Å². The van der Waals surface area contributed by atoms with Crippen LogP contribution in [0.2, 0.25) is 0 Å². The Hall–Kier alpha value is -4.66. The fourth-order valence-electron chi connectivity index (χ4n) is 7.40. The Bertz CT molecular complexity index is 1970. The molecule has 0 bridgehead atoms. The van der Waals surface area contributed by atoms with Crippen molar-refractivity contribution in [2.45, 2.75) is 18.3 Å². The van der Waals surface area contributed by atoms with Crippen LogP contribution in [-0.4, -0.2) is 56.8 Å². The van der Waals surface area contributed by atoms with Crippen LogP contribution in [0.5, 0.6) is 11.5 Å². The third-order valence-corrected chi connectivity index (χ3v) is 9.66. The summed E-state index contributed by atoms with van der Waals surface area (Å²) in [6.07, 6.45) is 3.89. The van der Waals surface area contributed by atoms with E-state index in [-0.39, 0.29) is 19.8 Å². The van der Waals surface area contributed by atoms with E-state index in [1.54, 1.807) is 7.11 Å². The van der Waals surface area contributed by atoms with Crippen LogP contribution in [0.3, 0.4) is 0 Å². The van der Waals surface area contributed by atoms with Gasteiger partial charge in [0.15, 0.2) is 5.60 Å². The summed E-state index contributed by atoms with van der Waals surface area (Å²) >= 11 is 0. The molecular formula is C40H37NO6. The maximum Gasteiger partial charge on any atom is 0.178 e. The molecule has 8 rings (SSSR count). The molecule has 1 fully saturated rings. The van der Waals surface area contributed by atoms with Crippen LogP contribution < -0.4 is 14.4 Å². The number of anilines is 1. The molecule has 2 heterocycles. The van der Waals surface area contributed by atoms with Crippen molar-refractivity contribution in [2.75, 3.05) is 51.5 Å². The summed E-state index contributed by atoms with van der Waals surface area (Å²) < 4.78 is 25.1. The zero-order valence-corrected chi connectivity index (χ0v) is 26.3. The van der Waals surface area contributed by atoms with Crippen molar-refractivity contribution in [3.63, 3.8) is 0 Å². The molecule has 0 aromatic heterocycles. The van der Waals surface area contributed by atoms with Gasteiger partial charge in [-0.05, 0) is 70.1 Å². The van der Waals surface area contributed by atoms with Gasteiger partial charge in [0.1, 0.15) is 17.6 Å². The van der Waals surface area contributed by atoms with E-state index >= 15 is 0 Å². The van der Waals surface area contributed by atoms with E-state index in [1.807, 2.05) is 36.4 Å². The molecule has 0 amide bonds. The van der Waals surface area contributed by atoms with Crippen LogP contribution >= 0.6 is 0 Å². The lowest BCUT2D eigenvalue weighted by atomic mass is 9.81. The molecular weight excluding hydrogens is 590 g/mol. The number of hydrogen-bond donors (Lipinski definition) is 2. The Morgan fingerprint density at radius 3 is 2.40 bits per heavy atom. The first-order chi connectivity index (χ1) is 23.1. The number of fused-ring (bicyclic) bond motifs is 8. The summed E-state index contributed by atoms with van der Waals surface area (Å²) in [4.78, 5) is 2.35. The van der Waals surface area contributed by atoms with Crippen molar-refractivity contribution in [1.29, 1.82) is 0 Å². The van der Waals surface area contributed by atoms with Crippen LogP contribution in [0.15, 0.2) is 97.1 Å². The minimum Gasteiger partial charge on any atom is -0.497 e. The fourth-order valence-corrected chi connectivity index (χ4v) is 7.40. The number of aliphatic hydroxyl groups is 2. The van der Waals surface area contributed by atoms with E-state index in [0.29, 0.717) is 0 Å². The Kier molecular flexibility index (Phi) is 7.70. The Labute approximate surface area is 274 Å². The Balaban J connectivity index is 1.35.